The Bertz CT molecular complexity index is 519. The van der Waals surface area contributed by atoms with Crippen LogP contribution < -0.4 is 16.0 Å². The van der Waals surface area contributed by atoms with Crippen molar-refractivity contribution >= 4 is 5.95 Å². The van der Waals surface area contributed by atoms with E-state index >= 15 is 0 Å². The lowest BCUT2D eigenvalue weighted by atomic mass is 10.1. The Balaban J connectivity index is 2.21. The topological polar surface area (TPSA) is 171 Å². The zero-order valence-electron chi connectivity index (χ0n) is 9.55. The fourth-order valence-electron chi connectivity index (χ4n) is 1.65. The number of aliphatic hydroxyl groups excluding tert-OH is 3. The summed E-state index contributed by atoms with van der Waals surface area (Å²) in [5.74, 6) is -1.70. The fraction of sp³-hybridized carbons (Fsp3) is 0.556. The van der Waals surface area contributed by atoms with Gasteiger partial charge in [-0.15, -0.1) is 0 Å². The first-order chi connectivity index (χ1) is 8.93. The molecule has 106 valence electrons. The predicted octanol–water partition coefficient (Wildman–Crippen LogP) is -3.12. The van der Waals surface area contributed by atoms with E-state index in [1.807, 2.05) is 0 Å². The molecule has 0 spiro atoms. The molecular weight excluding hydrogens is 262 g/mol. The number of aliphatic hydroxyl groups is 3. The molecule has 10 heteroatoms. The molecule has 0 aromatic carbocycles. The number of hydrogen-bond donors (Lipinski definition) is 6. The number of aromatic nitrogens is 2. The maximum absolute atomic E-state index is 11.5. The highest BCUT2D eigenvalue weighted by Crippen LogP contribution is 2.26. The summed E-state index contributed by atoms with van der Waals surface area (Å²) in [7, 11) is 0. The highest BCUT2D eigenvalue weighted by atomic mass is 16.7. The molecule has 0 amide bonds. The van der Waals surface area contributed by atoms with Gasteiger partial charge in [0.1, 0.15) is 18.3 Å². The van der Waals surface area contributed by atoms with Gasteiger partial charge < -0.3 is 35.6 Å². The lowest BCUT2D eigenvalue weighted by molar-refractivity contribution is -0.118. The Hall–Kier alpha value is -1.88. The average molecular weight is 275 g/mol. The predicted molar refractivity (Wildman–Crippen MR) is 59.3 cm³/mol. The summed E-state index contributed by atoms with van der Waals surface area (Å²) in [5, 5.41) is 37.4. The number of H-pyrrole nitrogens is 1. The monoisotopic (exact) mass is 275 g/mol. The number of nitrogens with one attached hydrogen (secondary N) is 1. The van der Waals surface area contributed by atoms with Crippen molar-refractivity contribution in [3.63, 3.8) is 0 Å². The minimum absolute atomic E-state index is 0.309. The molecule has 0 saturated carbocycles. The second-order valence-electron chi connectivity index (χ2n) is 3.93. The van der Waals surface area contributed by atoms with E-state index in [1.165, 1.54) is 0 Å². The molecule has 1 aliphatic heterocycles. The molecule has 10 nitrogen and oxygen atoms in total. The first kappa shape index (κ1) is 13.5. The van der Waals surface area contributed by atoms with Crippen molar-refractivity contribution in [2.24, 2.45) is 0 Å². The molecule has 1 aromatic rings. The van der Waals surface area contributed by atoms with Crippen molar-refractivity contribution in [3.8, 4) is 11.6 Å². The van der Waals surface area contributed by atoms with Crippen molar-refractivity contribution in [1.82, 2.24) is 9.97 Å². The zero-order chi connectivity index (χ0) is 14.2. The van der Waals surface area contributed by atoms with E-state index in [0.717, 1.165) is 0 Å². The van der Waals surface area contributed by atoms with Crippen LogP contribution in [0.3, 0.4) is 0 Å². The van der Waals surface area contributed by atoms with Gasteiger partial charge in [0.15, 0.2) is 0 Å². The molecule has 0 bridgehead atoms. The molecule has 1 aliphatic rings. The van der Waals surface area contributed by atoms with E-state index in [9.17, 15) is 20.1 Å². The molecule has 1 fully saturated rings. The molecule has 2 rings (SSSR count). The number of aromatic hydroxyl groups is 1. The molecule has 1 saturated heterocycles. The van der Waals surface area contributed by atoms with Crippen LogP contribution in [0, 0.1) is 0 Å². The number of anilines is 1. The molecule has 4 atom stereocenters. The largest absolute Gasteiger partial charge is 0.490 e. The summed E-state index contributed by atoms with van der Waals surface area (Å²) >= 11 is 0. The van der Waals surface area contributed by atoms with Gasteiger partial charge in [0.05, 0.1) is 6.61 Å². The van der Waals surface area contributed by atoms with Gasteiger partial charge in [0.25, 0.3) is 11.4 Å². The van der Waals surface area contributed by atoms with Crippen molar-refractivity contribution in [3.05, 3.63) is 10.4 Å². The van der Waals surface area contributed by atoms with Crippen LogP contribution >= 0.6 is 0 Å². The van der Waals surface area contributed by atoms with Crippen LogP contribution in [0.1, 0.15) is 0 Å². The number of aromatic amines is 1. The molecule has 0 unspecified atom stereocenters. The molecule has 1 aromatic heterocycles. The highest BCUT2D eigenvalue weighted by Gasteiger charge is 2.44. The van der Waals surface area contributed by atoms with Gasteiger partial charge in [-0.2, -0.15) is 4.98 Å². The van der Waals surface area contributed by atoms with Gasteiger partial charge >= 0.3 is 0 Å². The van der Waals surface area contributed by atoms with Gasteiger partial charge in [-0.3, -0.25) is 9.78 Å². The average Bonchev–Trinajstić information content (AvgIpc) is 2.61. The number of rotatable bonds is 3. The summed E-state index contributed by atoms with van der Waals surface area (Å²) in [6, 6.07) is 0. The Morgan fingerprint density at radius 1 is 1.42 bits per heavy atom. The van der Waals surface area contributed by atoms with Gasteiger partial charge in [-0.05, 0) is 0 Å². The van der Waals surface area contributed by atoms with E-state index in [-0.39, 0.29) is 5.95 Å². The summed E-state index contributed by atoms with van der Waals surface area (Å²) in [5.41, 5.74) is 4.32. The highest BCUT2D eigenvalue weighted by molar-refractivity contribution is 5.34. The number of ether oxygens (including phenoxy) is 2. The van der Waals surface area contributed by atoms with Crippen LogP contribution in [-0.4, -0.2) is 61.6 Å². The summed E-state index contributed by atoms with van der Waals surface area (Å²) in [6.07, 6.45) is -5.35. The van der Waals surface area contributed by atoms with Gasteiger partial charge in [0.2, 0.25) is 18.0 Å². The minimum Gasteiger partial charge on any atom is -0.490 e. The number of nitrogen functional groups attached to an aromatic ring is 1. The molecule has 19 heavy (non-hydrogen) atoms. The first-order valence-corrected chi connectivity index (χ1v) is 5.32. The quantitative estimate of drug-likeness (QED) is 0.333. The molecule has 2 heterocycles. The Morgan fingerprint density at radius 3 is 2.63 bits per heavy atom. The van der Waals surface area contributed by atoms with Gasteiger partial charge in [0, 0.05) is 0 Å². The van der Waals surface area contributed by atoms with Crippen LogP contribution in [0.4, 0.5) is 5.95 Å². The lowest BCUT2D eigenvalue weighted by Gasteiger charge is -2.16. The maximum atomic E-state index is 11.5. The van der Waals surface area contributed by atoms with Gasteiger partial charge in [-0.1, -0.05) is 0 Å². The van der Waals surface area contributed by atoms with Crippen molar-refractivity contribution < 1.29 is 29.9 Å². The second kappa shape index (κ2) is 5.01. The van der Waals surface area contributed by atoms with E-state index < -0.39 is 48.4 Å². The van der Waals surface area contributed by atoms with Gasteiger partial charge in [-0.25, -0.2) is 0 Å². The van der Waals surface area contributed by atoms with E-state index in [0.29, 0.717) is 0 Å². The summed E-state index contributed by atoms with van der Waals surface area (Å²) in [4.78, 5) is 16.9. The molecule has 0 radical (unpaired) electrons. The SMILES string of the molecule is Nc1nc(O)c(O[C@@H]2O[C@H](CO)[C@@H](O)[C@@H]2O)c(=O)[nH]1. The van der Waals surface area contributed by atoms with Crippen molar-refractivity contribution in [2.45, 2.75) is 24.6 Å². The minimum atomic E-state index is -1.49. The van der Waals surface area contributed by atoms with E-state index in [2.05, 4.69) is 9.97 Å². The lowest BCUT2D eigenvalue weighted by Crippen LogP contribution is -2.36. The second-order valence-corrected chi connectivity index (χ2v) is 3.93. The molecular formula is C9H13N3O7. The third-order valence-electron chi connectivity index (χ3n) is 2.61. The van der Waals surface area contributed by atoms with E-state index in [4.69, 9.17) is 20.3 Å². The van der Waals surface area contributed by atoms with Crippen LogP contribution in [0.5, 0.6) is 11.6 Å². The maximum Gasteiger partial charge on any atom is 0.298 e. The van der Waals surface area contributed by atoms with Crippen molar-refractivity contribution in [2.75, 3.05) is 12.3 Å². The number of nitrogens with zero attached hydrogens (tertiary/aromatic N) is 1. The standard InChI is InChI=1S/C9H13N3O7/c10-9-11-6(16)5(7(17)12-9)19-8-4(15)3(14)2(1-13)18-8/h2-4,8,13-15H,1H2,(H4,10,11,12,16,17)/t2-,3-,4+,8+/m1/s1. The fourth-order valence-corrected chi connectivity index (χ4v) is 1.65. The van der Waals surface area contributed by atoms with Crippen LogP contribution in [0.25, 0.3) is 0 Å². The normalized spacial score (nSPS) is 30.5. The number of hydrogen-bond acceptors (Lipinski definition) is 9. The Kier molecular flexibility index (Phi) is 3.57. The molecule has 7 N–H and O–H groups in total. The van der Waals surface area contributed by atoms with Crippen LogP contribution in [0.15, 0.2) is 4.79 Å². The van der Waals surface area contributed by atoms with Crippen molar-refractivity contribution in [1.29, 1.82) is 0 Å². The summed E-state index contributed by atoms with van der Waals surface area (Å²) in [6.45, 7) is -0.541. The zero-order valence-corrected chi connectivity index (χ0v) is 9.55. The third-order valence-corrected chi connectivity index (χ3v) is 2.61. The first-order valence-electron chi connectivity index (χ1n) is 5.32. The Morgan fingerprint density at radius 2 is 2.11 bits per heavy atom. The molecule has 0 aliphatic carbocycles. The smallest absolute Gasteiger partial charge is 0.298 e. The summed E-state index contributed by atoms with van der Waals surface area (Å²) < 4.78 is 9.94. The Labute approximate surface area is 106 Å². The van der Waals surface area contributed by atoms with Crippen LogP contribution in [0.2, 0.25) is 0 Å². The van der Waals surface area contributed by atoms with E-state index in [1.54, 1.807) is 0 Å². The number of nitrogens with two attached hydrogens (primary N) is 1. The third kappa shape index (κ3) is 2.46. The van der Waals surface area contributed by atoms with Crippen LogP contribution in [-0.2, 0) is 4.74 Å².